The number of piperidine rings is 1. The summed E-state index contributed by atoms with van der Waals surface area (Å²) in [6.45, 7) is 2.12. The highest BCUT2D eigenvalue weighted by atomic mass is 19.4. The fraction of sp³-hybridized carbons (Fsp3) is 0.593. The average Bonchev–Trinajstić information content (AvgIpc) is 3.47. The number of amides is 2. The molecule has 2 aliphatic rings. The molecule has 4 heterocycles. The summed E-state index contributed by atoms with van der Waals surface area (Å²) in [5.74, 6) is -2.75. The number of nitrogens with zero attached hydrogens (tertiary/aromatic N) is 5. The summed E-state index contributed by atoms with van der Waals surface area (Å²) in [5, 5.41) is 14.4. The lowest BCUT2D eigenvalue weighted by Gasteiger charge is -2.30. The van der Waals surface area contributed by atoms with Crippen molar-refractivity contribution in [3.63, 3.8) is 0 Å². The lowest BCUT2D eigenvalue weighted by molar-refractivity contribution is -0.183. The third kappa shape index (κ3) is 6.09. The van der Waals surface area contributed by atoms with Gasteiger partial charge in [0.25, 0.3) is 5.91 Å². The van der Waals surface area contributed by atoms with E-state index >= 15 is 0 Å². The number of imidazole rings is 1. The summed E-state index contributed by atoms with van der Waals surface area (Å²) in [5.41, 5.74) is 2.26. The van der Waals surface area contributed by atoms with Crippen molar-refractivity contribution >= 4 is 17.5 Å². The Morgan fingerprint density at radius 3 is 2.67 bits per heavy atom. The molecule has 3 aromatic heterocycles. The van der Waals surface area contributed by atoms with Crippen LogP contribution in [0.3, 0.4) is 0 Å². The molecule has 3 atom stereocenters. The van der Waals surface area contributed by atoms with Crippen molar-refractivity contribution in [3.05, 3.63) is 47.7 Å². The number of alkyl halides is 3. The molecular weight excluding hydrogens is 511 g/mol. The molecule has 0 radical (unpaired) electrons. The first-order chi connectivity index (χ1) is 18.7. The monoisotopic (exact) mass is 545 g/mol. The van der Waals surface area contributed by atoms with Crippen molar-refractivity contribution in [2.75, 3.05) is 6.54 Å². The molecule has 1 aliphatic heterocycles. The first kappa shape index (κ1) is 27.1. The molecule has 12 heteroatoms. The molecule has 0 unspecified atom stereocenters. The van der Waals surface area contributed by atoms with Gasteiger partial charge in [0.05, 0.1) is 29.5 Å². The molecule has 0 spiro atoms. The molecule has 2 N–H and O–H groups in total. The number of aryl methyl sites for hydroxylation is 1. The maximum absolute atomic E-state index is 13.3. The fourth-order valence-electron chi connectivity index (χ4n) is 5.85. The van der Waals surface area contributed by atoms with Crippen LogP contribution in [0.2, 0.25) is 0 Å². The summed E-state index contributed by atoms with van der Waals surface area (Å²) in [6, 6.07) is 4.84. The average molecular weight is 546 g/mol. The topological polar surface area (TPSA) is 106 Å². The van der Waals surface area contributed by atoms with E-state index in [0.717, 1.165) is 25.7 Å². The molecule has 3 aromatic rings. The first-order valence-electron chi connectivity index (χ1n) is 13.7. The van der Waals surface area contributed by atoms with E-state index in [2.05, 4.69) is 20.8 Å². The van der Waals surface area contributed by atoms with Crippen LogP contribution in [-0.4, -0.2) is 48.9 Å². The lowest BCUT2D eigenvalue weighted by atomic mass is 9.86. The molecule has 5 rings (SSSR count). The van der Waals surface area contributed by atoms with Gasteiger partial charge >= 0.3 is 6.18 Å². The number of carbonyl (C=O) groups is 2. The fourth-order valence-corrected chi connectivity index (χ4v) is 5.85. The molecule has 2 amide bonds. The molecule has 2 fully saturated rings. The lowest BCUT2D eigenvalue weighted by Crippen LogP contribution is -2.47. The molecule has 1 aliphatic carbocycles. The van der Waals surface area contributed by atoms with Crippen molar-refractivity contribution in [2.45, 2.75) is 77.1 Å². The molecule has 210 valence electrons. The Bertz CT molecular complexity index is 1310. The van der Waals surface area contributed by atoms with E-state index in [4.69, 9.17) is 4.98 Å². The first-order valence-corrected chi connectivity index (χ1v) is 13.7. The van der Waals surface area contributed by atoms with Crippen molar-refractivity contribution in [2.24, 2.45) is 17.8 Å². The van der Waals surface area contributed by atoms with E-state index in [1.807, 2.05) is 6.92 Å². The van der Waals surface area contributed by atoms with Gasteiger partial charge in [-0.15, -0.1) is 0 Å². The SMILES string of the molecule is CCn1nccc1C(=O)N[C@H](c1cn2nc(C[C@H]3C[C@@H](C(F)(F)F)CNC3=O)ccc2n1)C1CCCCCC1. The molecular formula is C27H34F3N7O2. The van der Waals surface area contributed by atoms with Crippen LogP contribution in [0.15, 0.2) is 30.6 Å². The van der Waals surface area contributed by atoms with Crippen LogP contribution >= 0.6 is 0 Å². The number of nitrogens with one attached hydrogen (secondary N) is 2. The molecule has 0 aromatic carbocycles. The Morgan fingerprint density at radius 2 is 1.95 bits per heavy atom. The van der Waals surface area contributed by atoms with Gasteiger partial charge in [-0.05, 0) is 50.3 Å². The number of hydrogen-bond acceptors (Lipinski definition) is 5. The summed E-state index contributed by atoms with van der Waals surface area (Å²) in [6.07, 6.45) is 5.34. The Balaban J connectivity index is 1.39. The zero-order chi connectivity index (χ0) is 27.6. The Hall–Kier alpha value is -3.44. The van der Waals surface area contributed by atoms with Gasteiger partial charge in [0.15, 0.2) is 5.65 Å². The quantitative estimate of drug-likeness (QED) is 0.432. The Morgan fingerprint density at radius 1 is 1.18 bits per heavy atom. The van der Waals surface area contributed by atoms with E-state index in [1.54, 1.807) is 39.8 Å². The zero-order valence-electron chi connectivity index (χ0n) is 22.0. The van der Waals surface area contributed by atoms with E-state index in [9.17, 15) is 22.8 Å². The van der Waals surface area contributed by atoms with Gasteiger partial charge in [-0.1, -0.05) is 25.7 Å². The third-order valence-electron chi connectivity index (χ3n) is 8.00. The molecule has 0 bridgehead atoms. The molecule has 9 nitrogen and oxygen atoms in total. The minimum Gasteiger partial charge on any atom is -0.355 e. The van der Waals surface area contributed by atoms with E-state index in [0.29, 0.717) is 29.3 Å². The van der Waals surface area contributed by atoms with Crippen LogP contribution in [0.5, 0.6) is 0 Å². The van der Waals surface area contributed by atoms with Crippen molar-refractivity contribution in [3.8, 4) is 0 Å². The highest BCUT2D eigenvalue weighted by Crippen LogP contribution is 2.35. The third-order valence-corrected chi connectivity index (χ3v) is 8.00. The smallest absolute Gasteiger partial charge is 0.355 e. The number of aromatic nitrogens is 5. The van der Waals surface area contributed by atoms with Gasteiger partial charge in [-0.2, -0.15) is 23.4 Å². The van der Waals surface area contributed by atoms with Crippen molar-refractivity contribution < 1.29 is 22.8 Å². The van der Waals surface area contributed by atoms with Gasteiger partial charge in [0, 0.05) is 31.6 Å². The minimum atomic E-state index is -4.35. The standard InChI is InChI=1S/C27H34F3N7O2/c1-2-36-22(11-12-32-36)26(39)34-24(17-7-5-3-4-6-8-17)21-16-37-23(33-21)10-9-20(35-37)14-18-13-19(27(28,29)30)15-31-25(18)38/h9-12,16-19,24H,2-8,13-15H2,1H3,(H,31,38)(H,34,39)/t18-,19-,24+/m1/s1. The second-order valence-electron chi connectivity index (χ2n) is 10.6. The van der Waals surface area contributed by atoms with E-state index < -0.39 is 18.0 Å². The van der Waals surface area contributed by atoms with Crippen LogP contribution in [0.25, 0.3) is 5.65 Å². The second-order valence-corrected chi connectivity index (χ2v) is 10.6. The zero-order valence-corrected chi connectivity index (χ0v) is 22.0. The number of halogens is 3. The summed E-state index contributed by atoms with van der Waals surface area (Å²) in [4.78, 5) is 30.4. The summed E-state index contributed by atoms with van der Waals surface area (Å²) >= 11 is 0. The van der Waals surface area contributed by atoms with Gasteiger partial charge in [0.2, 0.25) is 5.91 Å². The predicted molar refractivity (Wildman–Crippen MR) is 137 cm³/mol. The van der Waals surface area contributed by atoms with Crippen LogP contribution < -0.4 is 10.6 Å². The summed E-state index contributed by atoms with van der Waals surface area (Å²) in [7, 11) is 0. The van der Waals surface area contributed by atoms with Gasteiger partial charge in [-0.3, -0.25) is 14.3 Å². The second kappa shape index (κ2) is 11.4. The minimum absolute atomic E-state index is 0.103. The number of fused-ring (bicyclic) bond motifs is 1. The van der Waals surface area contributed by atoms with Crippen LogP contribution in [0.4, 0.5) is 13.2 Å². The van der Waals surface area contributed by atoms with Gasteiger partial charge < -0.3 is 10.6 Å². The normalized spacial score (nSPS) is 21.9. The maximum atomic E-state index is 13.3. The highest BCUT2D eigenvalue weighted by Gasteiger charge is 2.44. The largest absolute Gasteiger partial charge is 0.393 e. The Labute approximate surface area is 224 Å². The number of carbonyl (C=O) groups excluding carboxylic acids is 2. The number of hydrogen-bond donors (Lipinski definition) is 2. The van der Waals surface area contributed by atoms with Crippen LogP contribution in [-0.2, 0) is 17.8 Å². The van der Waals surface area contributed by atoms with Crippen LogP contribution in [0.1, 0.15) is 79.8 Å². The van der Waals surface area contributed by atoms with Gasteiger partial charge in [0.1, 0.15) is 5.69 Å². The van der Waals surface area contributed by atoms with Crippen molar-refractivity contribution in [1.82, 2.24) is 35.0 Å². The predicted octanol–water partition coefficient (Wildman–Crippen LogP) is 4.24. The molecule has 1 saturated carbocycles. The van der Waals surface area contributed by atoms with Crippen LogP contribution in [0, 0.1) is 17.8 Å². The maximum Gasteiger partial charge on any atom is 0.393 e. The molecule has 1 saturated heterocycles. The van der Waals surface area contributed by atoms with E-state index in [-0.39, 0.29) is 43.2 Å². The highest BCUT2D eigenvalue weighted by molar-refractivity contribution is 5.92. The van der Waals surface area contributed by atoms with Gasteiger partial charge in [-0.25, -0.2) is 9.50 Å². The van der Waals surface area contributed by atoms with Crippen molar-refractivity contribution in [1.29, 1.82) is 0 Å². The summed E-state index contributed by atoms with van der Waals surface area (Å²) < 4.78 is 43.0. The Kier molecular flexibility index (Phi) is 7.90. The molecule has 39 heavy (non-hydrogen) atoms. The van der Waals surface area contributed by atoms with E-state index in [1.165, 1.54) is 12.8 Å². The number of rotatable bonds is 7.